The van der Waals surface area contributed by atoms with Crippen LogP contribution in [0.3, 0.4) is 0 Å². The molecular weight excluding hydrogens is 540 g/mol. The highest BCUT2D eigenvalue weighted by Gasteiger charge is 2.16. The van der Waals surface area contributed by atoms with Crippen LogP contribution in [0.4, 0.5) is 0 Å². The van der Waals surface area contributed by atoms with Crippen molar-refractivity contribution in [3.8, 4) is 39.9 Å². The highest BCUT2D eigenvalue weighted by molar-refractivity contribution is 6.10. The fraction of sp³-hybridized carbons (Fsp3) is 0. The minimum atomic E-state index is -0.156. The van der Waals surface area contributed by atoms with Crippen LogP contribution >= 0.6 is 0 Å². The van der Waals surface area contributed by atoms with E-state index in [4.69, 9.17) is 27.6 Å². The van der Waals surface area contributed by atoms with E-state index in [0.29, 0.717) is 45.4 Å². The van der Waals surface area contributed by atoms with Gasteiger partial charge in [-0.3, -0.25) is 0 Å². The maximum atomic E-state index is 8.78. The van der Waals surface area contributed by atoms with Crippen molar-refractivity contribution in [3.05, 3.63) is 145 Å². The molecule has 0 amide bonds. The van der Waals surface area contributed by atoms with Gasteiger partial charge < -0.3 is 8.98 Å². The smallest absolute Gasteiger partial charge is 0.164 e. The van der Waals surface area contributed by atoms with Crippen LogP contribution in [-0.4, -0.2) is 19.5 Å². The summed E-state index contributed by atoms with van der Waals surface area (Å²) in [5, 5.41) is 2.14. The average molecular weight is 571 g/mol. The van der Waals surface area contributed by atoms with Crippen LogP contribution in [0.15, 0.2) is 150 Å². The Kier molecular flexibility index (Phi) is 4.25. The third-order valence-corrected chi connectivity index (χ3v) is 7.80. The second kappa shape index (κ2) is 9.75. The molecule has 0 saturated carbocycles. The number of para-hydroxylation sites is 2. The van der Waals surface area contributed by atoms with Crippen LogP contribution in [0.1, 0.15) is 8.22 Å². The highest BCUT2D eigenvalue weighted by Crippen LogP contribution is 2.36. The number of rotatable bonds is 4. The van der Waals surface area contributed by atoms with Crippen LogP contribution in [0.5, 0.6) is 0 Å². The zero-order chi connectivity index (χ0) is 34.3. The number of fused-ring (bicyclic) bond motifs is 6. The Hall–Kier alpha value is -6.07. The van der Waals surface area contributed by atoms with Gasteiger partial charge in [0.15, 0.2) is 17.5 Å². The first-order valence-corrected chi connectivity index (χ1v) is 14.1. The summed E-state index contributed by atoms with van der Waals surface area (Å²) >= 11 is 0. The molecule has 206 valence electrons. The first-order valence-electron chi connectivity index (χ1n) is 17.1. The lowest BCUT2D eigenvalue weighted by molar-refractivity contribution is 0.668. The Bertz CT molecular complexity index is 2700. The van der Waals surface area contributed by atoms with E-state index in [0.717, 1.165) is 27.5 Å². The molecular formula is C39H24N4O. The molecule has 0 N–H and O–H groups in total. The van der Waals surface area contributed by atoms with Crippen LogP contribution in [0, 0.1) is 0 Å². The largest absolute Gasteiger partial charge is 0.456 e. The van der Waals surface area contributed by atoms with Gasteiger partial charge in [0.05, 0.1) is 19.3 Å². The summed E-state index contributed by atoms with van der Waals surface area (Å²) in [6.45, 7) is 0. The number of furan rings is 1. The van der Waals surface area contributed by atoms with Gasteiger partial charge in [0.1, 0.15) is 11.2 Å². The van der Waals surface area contributed by atoms with Gasteiger partial charge >= 0.3 is 0 Å². The molecule has 0 aliphatic rings. The predicted molar refractivity (Wildman–Crippen MR) is 178 cm³/mol. The fourth-order valence-electron chi connectivity index (χ4n) is 5.75. The Morgan fingerprint density at radius 1 is 0.477 bits per heavy atom. The fourth-order valence-corrected chi connectivity index (χ4v) is 5.75. The number of benzene rings is 6. The Balaban J connectivity index is 1.23. The standard InChI is InChI=1S/C39H24N4O/c1-3-11-25(12-4-1)37-40-38(26-13-5-2-6-14-26)42-39(41-37)27-19-21-31-32-22-20-28(24-36(32)44-35(31)23-27)43-33-17-9-7-15-29(33)30-16-8-10-18-34(30)43/h1-24H/i7D,8D,15D,16D,17D,18D. The molecule has 9 rings (SSSR count). The molecule has 0 aliphatic carbocycles. The van der Waals surface area contributed by atoms with E-state index in [-0.39, 0.29) is 47.0 Å². The van der Waals surface area contributed by atoms with Crippen molar-refractivity contribution in [2.45, 2.75) is 0 Å². The number of hydrogen-bond acceptors (Lipinski definition) is 4. The molecule has 0 atom stereocenters. The maximum Gasteiger partial charge on any atom is 0.164 e. The monoisotopic (exact) mass is 570 g/mol. The second-order valence-electron chi connectivity index (χ2n) is 10.4. The third kappa shape index (κ3) is 3.91. The summed E-state index contributed by atoms with van der Waals surface area (Å²) < 4.78 is 59.6. The summed E-state index contributed by atoms with van der Waals surface area (Å²) in [4.78, 5) is 14.5. The lowest BCUT2D eigenvalue weighted by Gasteiger charge is -2.08. The summed E-state index contributed by atoms with van der Waals surface area (Å²) in [6, 6.07) is 32.9. The Morgan fingerprint density at radius 3 is 1.59 bits per heavy atom. The quantitative estimate of drug-likeness (QED) is 0.211. The Labute approximate surface area is 261 Å². The predicted octanol–water partition coefficient (Wildman–Crippen LogP) is 9.87. The van der Waals surface area contributed by atoms with Crippen molar-refractivity contribution >= 4 is 43.7 Å². The van der Waals surface area contributed by atoms with E-state index in [9.17, 15) is 0 Å². The molecule has 44 heavy (non-hydrogen) atoms. The molecule has 3 aromatic heterocycles. The van der Waals surface area contributed by atoms with Crippen molar-refractivity contribution < 1.29 is 12.6 Å². The summed E-state index contributed by atoms with van der Waals surface area (Å²) in [6.07, 6.45) is 0. The lowest BCUT2D eigenvalue weighted by Crippen LogP contribution is -2.00. The summed E-state index contributed by atoms with van der Waals surface area (Å²) in [5.41, 5.74) is 4.81. The molecule has 0 bridgehead atoms. The van der Waals surface area contributed by atoms with Crippen molar-refractivity contribution in [2.75, 3.05) is 0 Å². The number of hydrogen-bond donors (Lipinski definition) is 0. The van der Waals surface area contributed by atoms with Gasteiger partial charge in [0.2, 0.25) is 0 Å². The van der Waals surface area contributed by atoms with Gasteiger partial charge in [0, 0.05) is 50.0 Å². The SMILES string of the molecule is [2H]c1cc([2H])c2c(c1[2H])c1c([2H])c([2H])cc([2H])c1n2-c1ccc2c(c1)oc1cc(-c3nc(-c4ccccc4)nc(-c4ccccc4)n3)ccc12. The third-order valence-electron chi connectivity index (χ3n) is 7.80. The molecule has 5 heteroatoms. The van der Waals surface area contributed by atoms with Crippen LogP contribution in [0.2, 0.25) is 0 Å². The van der Waals surface area contributed by atoms with Crippen molar-refractivity contribution in [1.82, 2.24) is 19.5 Å². The molecule has 0 aliphatic heterocycles. The minimum Gasteiger partial charge on any atom is -0.456 e. The average Bonchev–Trinajstić information content (AvgIpc) is 3.70. The molecule has 0 spiro atoms. The minimum absolute atomic E-state index is 0.0148. The van der Waals surface area contributed by atoms with Crippen LogP contribution in [0.25, 0.3) is 83.6 Å². The summed E-state index contributed by atoms with van der Waals surface area (Å²) in [5.74, 6) is 1.61. The first-order chi connectivity index (χ1) is 24.3. The summed E-state index contributed by atoms with van der Waals surface area (Å²) in [7, 11) is 0. The van der Waals surface area contributed by atoms with E-state index in [1.807, 2.05) is 97.1 Å². The molecule has 5 nitrogen and oxygen atoms in total. The second-order valence-corrected chi connectivity index (χ2v) is 10.4. The molecule has 0 saturated heterocycles. The van der Waals surface area contributed by atoms with Crippen molar-refractivity contribution in [3.63, 3.8) is 0 Å². The zero-order valence-electron chi connectivity index (χ0n) is 29.1. The van der Waals surface area contributed by atoms with Gasteiger partial charge in [0.25, 0.3) is 0 Å². The maximum absolute atomic E-state index is 8.78. The van der Waals surface area contributed by atoms with Crippen molar-refractivity contribution in [2.24, 2.45) is 0 Å². The van der Waals surface area contributed by atoms with Crippen LogP contribution < -0.4 is 0 Å². The number of nitrogens with zero attached hydrogens (tertiary/aromatic N) is 4. The molecule has 3 heterocycles. The highest BCUT2D eigenvalue weighted by atomic mass is 16.3. The zero-order valence-corrected chi connectivity index (χ0v) is 23.1. The normalized spacial score (nSPS) is 13.5. The molecule has 9 aromatic rings. The van der Waals surface area contributed by atoms with Gasteiger partial charge in [-0.2, -0.15) is 0 Å². The van der Waals surface area contributed by atoms with E-state index in [2.05, 4.69) is 0 Å². The van der Waals surface area contributed by atoms with E-state index in [1.165, 1.54) is 12.1 Å². The first kappa shape index (κ1) is 19.2. The van der Waals surface area contributed by atoms with Gasteiger partial charge in [-0.15, -0.1) is 0 Å². The van der Waals surface area contributed by atoms with Crippen LogP contribution in [-0.2, 0) is 0 Å². The van der Waals surface area contributed by atoms with Gasteiger partial charge in [-0.05, 0) is 36.4 Å². The number of aromatic nitrogens is 4. The van der Waals surface area contributed by atoms with E-state index < -0.39 is 0 Å². The van der Waals surface area contributed by atoms with Gasteiger partial charge in [-0.25, -0.2) is 15.0 Å². The van der Waals surface area contributed by atoms with E-state index in [1.54, 1.807) is 4.57 Å². The topological polar surface area (TPSA) is 56.7 Å². The molecule has 6 aromatic carbocycles. The molecule has 0 fully saturated rings. The molecule has 0 unspecified atom stereocenters. The van der Waals surface area contributed by atoms with E-state index >= 15 is 0 Å². The lowest BCUT2D eigenvalue weighted by atomic mass is 10.1. The van der Waals surface area contributed by atoms with Crippen molar-refractivity contribution in [1.29, 1.82) is 0 Å². The molecule has 0 radical (unpaired) electrons. The Morgan fingerprint density at radius 2 is 1.00 bits per heavy atom. The van der Waals surface area contributed by atoms with Gasteiger partial charge in [-0.1, -0.05) is 103 Å².